The summed E-state index contributed by atoms with van der Waals surface area (Å²) < 4.78 is 11.0. The van der Waals surface area contributed by atoms with Gasteiger partial charge in [0.2, 0.25) is 11.8 Å². The van der Waals surface area contributed by atoms with Crippen molar-refractivity contribution in [2.24, 2.45) is 5.92 Å². The lowest BCUT2D eigenvalue weighted by Gasteiger charge is -2.42. The number of piperazine rings is 1. The Bertz CT molecular complexity index is 982. The maximum Gasteiger partial charge on any atom is 0.409 e. The number of benzene rings is 1. The summed E-state index contributed by atoms with van der Waals surface area (Å²) in [5, 5.41) is 8.42. The van der Waals surface area contributed by atoms with E-state index in [9.17, 15) is 14.4 Å². The van der Waals surface area contributed by atoms with Crippen LogP contribution in [0, 0.1) is 5.92 Å². The number of furan rings is 1. The molecule has 1 aromatic heterocycles. The highest BCUT2D eigenvalue weighted by atomic mass is 16.6. The number of carbonyl (C=O) groups is 3. The number of hydrogen-bond donors (Lipinski definition) is 3. The summed E-state index contributed by atoms with van der Waals surface area (Å²) in [6.45, 7) is 7.65. The molecule has 0 radical (unpaired) electrons. The third kappa shape index (κ3) is 7.56. The van der Waals surface area contributed by atoms with Crippen LogP contribution in [0.2, 0.25) is 0 Å². The standard InChI is InChI=1S/C26H37N5O5/c1-18(2)23(29-24(32)19(3)27-4)25(33)31-13-12-30(16-20-9-6-5-7-10-20)17-22(31)36-26(34)28-15-21-11-8-14-35-21/h5-11,14,18-19,22-23,27H,12-13,15-17H2,1-4H3,(H,28,34)(H,29,32)/t19-,22-,23-/m0/s1. The molecule has 2 aromatic rings. The van der Waals surface area contributed by atoms with Gasteiger partial charge in [-0.1, -0.05) is 44.2 Å². The van der Waals surface area contributed by atoms with E-state index in [0.717, 1.165) is 5.56 Å². The van der Waals surface area contributed by atoms with Crippen molar-refractivity contribution in [1.29, 1.82) is 0 Å². The van der Waals surface area contributed by atoms with Gasteiger partial charge in [0.1, 0.15) is 11.8 Å². The summed E-state index contributed by atoms with van der Waals surface area (Å²) in [5.74, 6) is -0.0949. The molecule has 0 saturated carbocycles. The van der Waals surface area contributed by atoms with Gasteiger partial charge in [-0.25, -0.2) is 4.79 Å². The fourth-order valence-corrected chi connectivity index (χ4v) is 3.98. The predicted octanol–water partition coefficient (Wildman–Crippen LogP) is 1.93. The Morgan fingerprint density at radius 1 is 1.08 bits per heavy atom. The van der Waals surface area contributed by atoms with Crippen molar-refractivity contribution >= 4 is 17.9 Å². The van der Waals surface area contributed by atoms with Crippen LogP contribution in [0.1, 0.15) is 32.1 Å². The summed E-state index contributed by atoms with van der Waals surface area (Å²) in [5.41, 5.74) is 1.13. The second-order valence-electron chi connectivity index (χ2n) is 9.29. The second kappa shape index (κ2) is 13.1. The van der Waals surface area contributed by atoms with E-state index in [2.05, 4.69) is 20.9 Å². The molecule has 3 amide bonds. The summed E-state index contributed by atoms with van der Waals surface area (Å²) in [6, 6.07) is 12.3. The minimum Gasteiger partial charge on any atom is -0.467 e. The molecule has 0 unspecified atom stereocenters. The summed E-state index contributed by atoms with van der Waals surface area (Å²) in [6.07, 6.45) is 0.0665. The lowest BCUT2D eigenvalue weighted by molar-refractivity contribution is -0.153. The number of nitrogens with one attached hydrogen (secondary N) is 3. The van der Waals surface area contributed by atoms with Gasteiger partial charge in [0.25, 0.3) is 0 Å². The van der Waals surface area contributed by atoms with Crippen LogP contribution in [0.4, 0.5) is 4.79 Å². The largest absolute Gasteiger partial charge is 0.467 e. The van der Waals surface area contributed by atoms with E-state index in [4.69, 9.17) is 9.15 Å². The first-order chi connectivity index (χ1) is 17.3. The number of alkyl carbamates (subject to hydrolysis) is 1. The maximum atomic E-state index is 13.6. The van der Waals surface area contributed by atoms with Crippen molar-refractivity contribution < 1.29 is 23.5 Å². The van der Waals surface area contributed by atoms with Crippen LogP contribution in [-0.2, 0) is 27.4 Å². The third-order valence-electron chi connectivity index (χ3n) is 6.24. The highest BCUT2D eigenvalue weighted by Crippen LogP contribution is 2.18. The zero-order chi connectivity index (χ0) is 26.1. The molecule has 10 heteroatoms. The molecular weight excluding hydrogens is 462 g/mol. The topological polar surface area (TPSA) is 116 Å². The Balaban J connectivity index is 1.73. The van der Waals surface area contributed by atoms with E-state index in [1.807, 2.05) is 44.2 Å². The molecule has 3 atom stereocenters. The Labute approximate surface area is 212 Å². The molecule has 1 aromatic carbocycles. The molecule has 3 N–H and O–H groups in total. The predicted molar refractivity (Wildman–Crippen MR) is 135 cm³/mol. The smallest absolute Gasteiger partial charge is 0.409 e. The molecule has 1 aliphatic heterocycles. The minimum atomic E-state index is -0.813. The van der Waals surface area contributed by atoms with Gasteiger partial charge >= 0.3 is 6.09 Å². The van der Waals surface area contributed by atoms with Crippen LogP contribution >= 0.6 is 0 Å². The van der Waals surface area contributed by atoms with Crippen LogP contribution in [0.5, 0.6) is 0 Å². The molecule has 3 rings (SSSR count). The molecule has 36 heavy (non-hydrogen) atoms. The zero-order valence-corrected chi connectivity index (χ0v) is 21.4. The quantitative estimate of drug-likeness (QED) is 0.457. The average molecular weight is 500 g/mol. The van der Waals surface area contributed by atoms with Gasteiger partial charge in [-0.05, 0) is 37.6 Å². The van der Waals surface area contributed by atoms with Gasteiger partial charge in [-0.15, -0.1) is 0 Å². The van der Waals surface area contributed by atoms with Gasteiger partial charge in [0.15, 0.2) is 6.23 Å². The number of rotatable bonds is 10. The third-order valence-corrected chi connectivity index (χ3v) is 6.24. The zero-order valence-electron chi connectivity index (χ0n) is 21.4. The molecule has 10 nitrogen and oxygen atoms in total. The number of carbonyl (C=O) groups excluding carboxylic acids is 3. The van der Waals surface area contributed by atoms with Gasteiger partial charge in [-0.3, -0.25) is 14.5 Å². The number of likely N-dealkylation sites (N-methyl/N-ethyl adjacent to an activating group) is 1. The van der Waals surface area contributed by atoms with E-state index >= 15 is 0 Å². The first kappa shape index (κ1) is 27.2. The highest BCUT2D eigenvalue weighted by molar-refractivity contribution is 5.90. The number of hydrogen-bond acceptors (Lipinski definition) is 7. The fourth-order valence-electron chi connectivity index (χ4n) is 3.98. The second-order valence-corrected chi connectivity index (χ2v) is 9.29. The molecule has 0 spiro atoms. The number of amides is 3. The number of ether oxygens (including phenoxy) is 1. The lowest BCUT2D eigenvalue weighted by atomic mass is 10.0. The van der Waals surface area contributed by atoms with Crippen molar-refractivity contribution in [1.82, 2.24) is 25.8 Å². The molecule has 0 bridgehead atoms. The van der Waals surface area contributed by atoms with Crippen molar-refractivity contribution in [3.63, 3.8) is 0 Å². The maximum absolute atomic E-state index is 13.6. The summed E-state index contributed by atoms with van der Waals surface area (Å²) in [7, 11) is 1.69. The minimum absolute atomic E-state index is 0.152. The van der Waals surface area contributed by atoms with Crippen LogP contribution in [-0.4, -0.2) is 72.7 Å². The Morgan fingerprint density at radius 3 is 2.47 bits per heavy atom. The monoisotopic (exact) mass is 499 g/mol. The first-order valence-corrected chi connectivity index (χ1v) is 12.3. The van der Waals surface area contributed by atoms with Gasteiger partial charge in [-0.2, -0.15) is 0 Å². The van der Waals surface area contributed by atoms with Gasteiger partial charge in [0, 0.05) is 19.6 Å². The van der Waals surface area contributed by atoms with E-state index < -0.39 is 24.4 Å². The van der Waals surface area contributed by atoms with Crippen molar-refractivity contribution in [3.05, 3.63) is 60.1 Å². The first-order valence-electron chi connectivity index (χ1n) is 12.3. The lowest BCUT2D eigenvalue weighted by Crippen LogP contribution is -2.62. The molecule has 196 valence electrons. The van der Waals surface area contributed by atoms with E-state index in [1.54, 1.807) is 31.0 Å². The molecule has 1 aliphatic rings. The average Bonchev–Trinajstić information content (AvgIpc) is 3.39. The fraction of sp³-hybridized carbons (Fsp3) is 0.500. The van der Waals surface area contributed by atoms with Crippen LogP contribution in [0.15, 0.2) is 53.1 Å². The summed E-state index contributed by atoms with van der Waals surface area (Å²) >= 11 is 0. The molecule has 2 heterocycles. The Kier molecular flexibility index (Phi) is 9.89. The summed E-state index contributed by atoms with van der Waals surface area (Å²) in [4.78, 5) is 42.5. The molecule has 1 fully saturated rings. The molecule has 1 saturated heterocycles. The molecule has 0 aliphatic carbocycles. The molecular formula is C26H37N5O5. The SMILES string of the molecule is CN[C@@H](C)C(=O)N[C@H](C(=O)N1CCN(Cc2ccccc2)C[C@@H]1OC(=O)NCc1ccco1)C(C)C. The van der Waals surface area contributed by atoms with Crippen molar-refractivity contribution in [3.8, 4) is 0 Å². The van der Waals surface area contributed by atoms with Crippen LogP contribution < -0.4 is 16.0 Å². The van der Waals surface area contributed by atoms with Crippen molar-refractivity contribution in [2.45, 2.75) is 52.2 Å². The van der Waals surface area contributed by atoms with Crippen molar-refractivity contribution in [2.75, 3.05) is 26.7 Å². The van der Waals surface area contributed by atoms with E-state index in [1.165, 1.54) is 6.26 Å². The van der Waals surface area contributed by atoms with E-state index in [-0.39, 0.29) is 24.3 Å². The Hall–Kier alpha value is -3.37. The van der Waals surface area contributed by atoms with Crippen LogP contribution in [0.3, 0.4) is 0 Å². The van der Waals surface area contributed by atoms with E-state index in [0.29, 0.717) is 31.9 Å². The van der Waals surface area contributed by atoms with Crippen LogP contribution in [0.25, 0.3) is 0 Å². The number of nitrogens with zero attached hydrogens (tertiary/aromatic N) is 2. The highest BCUT2D eigenvalue weighted by Gasteiger charge is 2.38. The normalized spacial score (nSPS) is 17.9. The van der Waals surface area contributed by atoms with Gasteiger partial charge < -0.3 is 30.0 Å². The van der Waals surface area contributed by atoms with Gasteiger partial charge in [0.05, 0.1) is 25.4 Å². The Morgan fingerprint density at radius 2 is 1.83 bits per heavy atom.